The lowest BCUT2D eigenvalue weighted by atomic mass is 9.96. The van der Waals surface area contributed by atoms with E-state index in [2.05, 4.69) is 10.1 Å². The number of halogens is 1. The van der Waals surface area contributed by atoms with Crippen molar-refractivity contribution in [1.29, 1.82) is 0 Å². The number of aryl methyl sites for hydroxylation is 2. The van der Waals surface area contributed by atoms with Crippen LogP contribution in [-0.2, 0) is 20.3 Å². The first-order chi connectivity index (χ1) is 12.2. The molecule has 5 nitrogen and oxygen atoms in total. The Hall–Kier alpha value is -3.02. The Morgan fingerprint density at radius 3 is 2.92 bits per heavy atom. The van der Waals surface area contributed by atoms with Crippen LogP contribution in [0.5, 0.6) is 0 Å². The zero-order valence-electron chi connectivity index (χ0n) is 13.8. The summed E-state index contributed by atoms with van der Waals surface area (Å²) in [7, 11) is 1.92. The van der Waals surface area contributed by atoms with Crippen molar-refractivity contribution in [3.63, 3.8) is 0 Å². The van der Waals surface area contributed by atoms with Gasteiger partial charge in [-0.05, 0) is 24.1 Å². The number of nitrogens with zero attached hydrogens (tertiary/aromatic N) is 4. The Labute approximate surface area is 144 Å². The van der Waals surface area contributed by atoms with Gasteiger partial charge in [-0.25, -0.2) is 9.37 Å². The quantitative estimate of drug-likeness (QED) is 0.689. The molecule has 25 heavy (non-hydrogen) atoms. The zero-order chi connectivity index (χ0) is 17.4. The van der Waals surface area contributed by atoms with Gasteiger partial charge < -0.3 is 4.57 Å². The maximum absolute atomic E-state index is 12.8. The first-order valence-corrected chi connectivity index (χ1v) is 8.11. The fraction of sp³-hybridized carbons (Fsp3) is 0.211. The van der Waals surface area contributed by atoms with E-state index >= 15 is 0 Å². The molecule has 0 saturated heterocycles. The van der Waals surface area contributed by atoms with Gasteiger partial charge in [0.25, 0.3) is 0 Å². The second-order valence-corrected chi connectivity index (χ2v) is 6.14. The maximum atomic E-state index is 12.8. The summed E-state index contributed by atoms with van der Waals surface area (Å²) in [6, 6.07) is 9.41. The number of allylic oxidation sites excluding steroid dienone is 1. The summed E-state index contributed by atoms with van der Waals surface area (Å²) in [5.41, 5.74) is 4.26. The molecule has 0 N–H and O–H groups in total. The van der Waals surface area contributed by atoms with E-state index in [1.807, 2.05) is 48.2 Å². The molecule has 0 bridgehead atoms. The molecule has 1 aliphatic rings. The lowest BCUT2D eigenvalue weighted by Gasteiger charge is -2.16. The highest BCUT2D eigenvalue weighted by Crippen LogP contribution is 2.27. The van der Waals surface area contributed by atoms with Crippen LogP contribution in [0.1, 0.15) is 28.2 Å². The van der Waals surface area contributed by atoms with E-state index in [0.29, 0.717) is 29.9 Å². The standard InChI is InChI=1S/C19H17FN4O/c1-23-11-17(21-12-23)16-5-3-2-4-13(16)8-14-6-7-24-18(19(14)25)9-15(10-20)22-24/h2-5,8-9,11-12H,6-7,10H2,1H3/b14-8+. The molecule has 1 aliphatic heterocycles. The molecule has 0 saturated carbocycles. The molecule has 0 atom stereocenters. The number of alkyl halides is 1. The van der Waals surface area contributed by atoms with Crippen molar-refractivity contribution in [2.24, 2.45) is 7.05 Å². The van der Waals surface area contributed by atoms with E-state index in [1.54, 1.807) is 17.1 Å². The van der Waals surface area contributed by atoms with Crippen LogP contribution in [0.3, 0.4) is 0 Å². The number of carbonyl (C=O) groups is 1. The van der Waals surface area contributed by atoms with E-state index in [0.717, 1.165) is 16.8 Å². The normalized spacial score (nSPS) is 15.6. The van der Waals surface area contributed by atoms with Crippen LogP contribution in [0.15, 0.2) is 48.4 Å². The third-order valence-electron chi connectivity index (χ3n) is 4.36. The number of Topliss-reactive ketones (excluding diaryl/α,β-unsaturated/α-hetero) is 1. The number of hydrogen-bond acceptors (Lipinski definition) is 3. The van der Waals surface area contributed by atoms with Gasteiger partial charge in [-0.15, -0.1) is 0 Å². The largest absolute Gasteiger partial charge is 0.340 e. The van der Waals surface area contributed by atoms with Crippen molar-refractivity contribution in [3.8, 4) is 11.3 Å². The van der Waals surface area contributed by atoms with Crippen LogP contribution in [0.2, 0.25) is 0 Å². The van der Waals surface area contributed by atoms with Crippen LogP contribution in [0.4, 0.5) is 4.39 Å². The molecule has 126 valence electrons. The van der Waals surface area contributed by atoms with Crippen molar-refractivity contribution in [1.82, 2.24) is 19.3 Å². The van der Waals surface area contributed by atoms with Crippen LogP contribution < -0.4 is 0 Å². The first kappa shape index (κ1) is 15.5. The molecule has 0 spiro atoms. The molecule has 0 amide bonds. The molecular formula is C19H17FN4O. The molecule has 4 rings (SSSR count). The van der Waals surface area contributed by atoms with Crippen molar-refractivity contribution < 1.29 is 9.18 Å². The smallest absolute Gasteiger partial charge is 0.207 e. The highest BCUT2D eigenvalue weighted by molar-refractivity contribution is 6.11. The number of ketones is 1. The summed E-state index contributed by atoms with van der Waals surface area (Å²) in [6.45, 7) is -0.0759. The van der Waals surface area contributed by atoms with E-state index in [4.69, 9.17) is 0 Å². The first-order valence-electron chi connectivity index (χ1n) is 8.11. The third kappa shape index (κ3) is 2.80. The monoisotopic (exact) mass is 336 g/mol. The van der Waals surface area contributed by atoms with Crippen molar-refractivity contribution in [2.75, 3.05) is 0 Å². The summed E-state index contributed by atoms with van der Waals surface area (Å²) in [5, 5.41) is 4.11. The number of hydrogen-bond donors (Lipinski definition) is 0. The SMILES string of the molecule is Cn1cnc(-c2ccccc2/C=C2\CCn3nc(CF)cc3C2=O)c1. The molecule has 0 aliphatic carbocycles. The Kier molecular flexibility index (Phi) is 3.80. The average Bonchev–Trinajstić information content (AvgIpc) is 3.24. The van der Waals surface area contributed by atoms with Gasteiger partial charge >= 0.3 is 0 Å². The fourth-order valence-corrected chi connectivity index (χ4v) is 3.13. The molecule has 1 aromatic carbocycles. The van der Waals surface area contributed by atoms with Gasteiger partial charge in [0.15, 0.2) is 0 Å². The number of benzene rings is 1. The van der Waals surface area contributed by atoms with Gasteiger partial charge in [0.05, 0.1) is 17.7 Å². The minimum atomic E-state index is -0.658. The minimum Gasteiger partial charge on any atom is -0.340 e. The number of fused-ring (bicyclic) bond motifs is 1. The lowest BCUT2D eigenvalue weighted by Crippen LogP contribution is -2.19. The van der Waals surface area contributed by atoms with E-state index in [9.17, 15) is 9.18 Å². The van der Waals surface area contributed by atoms with Crippen LogP contribution in [0.25, 0.3) is 17.3 Å². The molecule has 0 unspecified atom stereocenters. The maximum Gasteiger partial charge on any atom is 0.207 e. The van der Waals surface area contributed by atoms with Gasteiger partial charge in [-0.2, -0.15) is 5.10 Å². The van der Waals surface area contributed by atoms with E-state index in [-0.39, 0.29) is 5.78 Å². The summed E-state index contributed by atoms with van der Waals surface area (Å²) >= 11 is 0. The summed E-state index contributed by atoms with van der Waals surface area (Å²) < 4.78 is 16.3. The highest BCUT2D eigenvalue weighted by Gasteiger charge is 2.24. The molecule has 0 fully saturated rings. The van der Waals surface area contributed by atoms with E-state index < -0.39 is 6.67 Å². The average molecular weight is 336 g/mol. The minimum absolute atomic E-state index is 0.0886. The number of carbonyl (C=O) groups excluding carboxylic acids is 1. The lowest BCUT2D eigenvalue weighted by molar-refractivity contribution is 0.101. The van der Waals surface area contributed by atoms with Gasteiger partial charge in [0.2, 0.25) is 5.78 Å². The number of aromatic nitrogens is 4. The summed E-state index contributed by atoms with van der Waals surface area (Å²) in [6.07, 6.45) is 6.19. The van der Waals surface area contributed by atoms with E-state index in [1.165, 1.54) is 0 Å². The summed E-state index contributed by atoms with van der Waals surface area (Å²) in [4.78, 5) is 17.1. The fourth-order valence-electron chi connectivity index (χ4n) is 3.13. The third-order valence-corrected chi connectivity index (χ3v) is 4.36. The van der Waals surface area contributed by atoms with Gasteiger partial charge in [0.1, 0.15) is 12.4 Å². The second kappa shape index (κ2) is 6.12. The molecule has 2 aromatic heterocycles. The Morgan fingerprint density at radius 2 is 2.16 bits per heavy atom. The number of imidazole rings is 1. The molecule has 3 heterocycles. The molecule has 0 radical (unpaired) electrons. The van der Waals surface area contributed by atoms with Crippen LogP contribution in [0, 0.1) is 0 Å². The predicted molar refractivity (Wildman–Crippen MR) is 92.6 cm³/mol. The Balaban J connectivity index is 1.74. The molecule has 3 aromatic rings. The van der Waals surface area contributed by atoms with Crippen molar-refractivity contribution >= 4 is 11.9 Å². The topological polar surface area (TPSA) is 52.7 Å². The molecule has 6 heteroatoms. The Bertz CT molecular complexity index is 983. The van der Waals surface area contributed by atoms with Crippen molar-refractivity contribution in [2.45, 2.75) is 19.6 Å². The Morgan fingerprint density at radius 1 is 1.32 bits per heavy atom. The van der Waals surface area contributed by atoms with Crippen LogP contribution in [-0.4, -0.2) is 25.1 Å². The molecular weight excluding hydrogens is 319 g/mol. The van der Waals surface area contributed by atoms with Gasteiger partial charge in [-0.3, -0.25) is 9.48 Å². The summed E-state index contributed by atoms with van der Waals surface area (Å²) in [5.74, 6) is -0.0886. The van der Waals surface area contributed by atoms with Crippen molar-refractivity contribution in [3.05, 3.63) is 65.4 Å². The zero-order valence-corrected chi connectivity index (χ0v) is 13.8. The van der Waals surface area contributed by atoms with Gasteiger partial charge in [-0.1, -0.05) is 24.3 Å². The van der Waals surface area contributed by atoms with Gasteiger partial charge in [0, 0.05) is 30.9 Å². The second-order valence-electron chi connectivity index (χ2n) is 6.14. The van der Waals surface area contributed by atoms with Crippen LogP contribution >= 0.6 is 0 Å². The highest BCUT2D eigenvalue weighted by atomic mass is 19.1. The predicted octanol–water partition coefficient (Wildman–Crippen LogP) is 3.42. The number of rotatable bonds is 3.